The van der Waals surface area contributed by atoms with Gasteiger partial charge in [0.2, 0.25) is 0 Å². The predicted octanol–water partition coefficient (Wildman–Crippen LogP) is 2.84. The van der Waals surface area contributed by atoms with Crippen molar-refractivity contribution in [1.29, 1.82) is 0 Å². The number of alkyl carbamates (subject to hydrolysis) is 1. The summed E-state index contributed by atoms with van der Waals surface area (Å²) in [6.45, 7) is 8.49. The largest absolute Gasteiger partial charge is 0.508 e. The van der Waals surface area contributed by atoms with Gasteiger partial charge in [-0.15, -0.1) is 11.3 Å². The molecule has 3 atom stereocenters. The van der Waals surface area contributed by atoms with Gasteiger partial charge in [0.25, 0.3) is 11.8 Å². The second-order valence-electron chi connectivity index (χ2n) is 9.00. The van der Waals surface area contributed by atoms with Crippen molar-refractivity contribution in [2.75, 3.05) is 13.7 Å². The molecule has 0 aliphatic carbocycles. The Labute approximate surface area is 208 Å². The van der Waals surface area contributed by atoms with Crippen LogP contribution in [0.25, 0.3) is 0 Å². The normalized spacial score (nSPS) is 13.9. The van der Waals surface area contributed by atoms with Crippen LogP contribution in [0.15, 0.2) is 30.3 Å². The van der Waals surface area contributed by atoms with E-state index in [4.69, 9.17) is 9.47 Å². The Morgan fingerprint density at radius 3 is 2.40 bits per heavy atom. The Balaban J connectivity index is 2.07. The zero-order valence-corrected chi connectivity index (χ0v) is 21.5. The van der Waals surface area contributed by atoms with Crippen LogP contribution in [0.1, 0.15) is 64.2 Å². The first-order chi connectivity index (χ1) is 16.3. The molecule has 0 spiro atoms. The number of thiophene rings is 1. The molecule has 0 aliphatic heterocycles. The van der Waals surface area contributed by atoms with Gasteiger partial charge in [0, 0.05) is 13.7 Å². The van der Waals surface area contributed by atoms with Crippen LogP contribution in [0.4, 0.5) is 4.79 Å². The van der Waals surface area contributed by atoms with E-state index in [9.17, 15) is 24.6 Å². The number of carbonyl (C=O) groups excluding carboxylic acids is 3. The number of phenols is 1. The maximum atomic E-state index is 12.9. The molecule has 1 aromatic carbocycles. The Morgan fingerprint density at radius 2 is 1.80 bits per heavy atom. The quantitative estimate of drug-likeness (QED) is 0.328. The van der Waals surface area contributed by atoms with E-state index in [1.807, 2.05) is 0 Å². The van der Waals surface area contributed by atoms with Gasteiger partial charge in [-0.05, 0) is 63.9 Å². The molecule has 192 valence electrons. The first-order valence-electron chi connectivity index (χ1n) is 11.0. The molecule has 2 rings (SSSR count). The maximum absolute atomic E-state index is 12.9. The van der Waals surface area contributed by atoms with Crippen molar-refractivity contribution < 1.29 is 34.1 Å². The first-order valence-corrected chi connectivity index (χ1v) is 11.8. The zero-order chi connectivity index (χ0) is 26.3. The van der Waals surface area contributed by atoms with Crippen molar-refractivity contribution in [2.24, 2.45) is 0 Å². The SMILES string of the molecule is COC(O)C(CNC(=O)OC(C)(C)C)NC(=O)c1sc(C(=O)NC(C)c2cccc(O)c2)cc1C. The molecule has 1 heterocycles. The molecule has 2 aromatic rings. The van der Waals surface area contributed by atoms with Crippen LogP contribution >= 0.6 is 11.3 Å². The summed E-state index contributed by atoms with van der Waals surface area (Å²) in [5, 5.41) is 27.8. The third-order valence-corrected chi connectivity index (χ3v) is 6.07. The average molecular weight is 508 g/mol. The van der Waals surface area contributed by atoms with E-state index < -0.39 is 29.9 Å². The van der Waals surface area contributed by atoms with E-state index >= 15 is 0 Å². The molecule has 0 saturated carbocycles. The van der Waals surface area contributed by atoms with Gasteiger partial charge in [-0.25, -0.2) is 4.79 Å². The van der Waals surface area contributed by atoms with E-state index in [-0.39, 0.29) is 29.1 Å². The Hall–Kier alpha value is -3.15. The van der Waals surface area contributed by atoms with Crippen molar-refractivity contribution in [3.05, 3.63) is 51.2 Å². The number of ether oxygens (including phenoxy) is 2. The third kappa shape index (κ3) is 8.53. The summed E-state index contributed by atoms with van der Waals surface area (Å²) in [4.78, 5) is 38.2. The number of aliphatic hydroxyl groups is 1. The van der Waals surface area contributed by atoms with E-state index in [0.717, 1.165) is 16.9 Å². The minimum absolute atomic E-state index is 0.100. The molecule has 3 amide bonds. The van der Waals surface area contributed by atoms with Gasteiger partial charge in [0.15, 0.2) is 6.29 Å². The number of benzene rings is 1. The fraction of sp³-hybridized carbons (Fsp3) is 0.458. The smallest absolute Gasteiger partial charge is 0.407 e. The van der Waals surface area contributed by atoms with Gasteiger partial charge < -0.3 is 35.6 Å². The topological polar surface area (TPSA) is 146 Å². The van der Waals surface area contributed by atoms with Crippen molar-refractivity contribution in [3.8, 4) is 5.75 Å². The first kappa shape index (κ1) is 28.1. The highest BCUT2D eigenvalue weighted by Crippen LogP contribution is 2.24. The van der Waals surface area contributed by atoms with Gasteiger partial charge in [0.1, 0.15) is 11.4 Å². The fourth-order valence-electron chi connectivity index (χ4n) is 3.09. The van der Waals surface area contributed by atoms with Crippen LogP contribution in [0, 0.1) is 6.92 Å². The predicted molar refractivity (Wildman–Crippen MR) is 132 cm³/mol. The van der Waals surface area contributed by atoms with Crippen molar-refractivity contribution in [1.82, 2.24) is 16.0 Å². The summed E-state index contributed by atoms with van der Waals surface area (Å²) in [5.41, 5.74) is 0.610. The number of hydrogen-bond acceptors (Lipinski definition) is 8. The van der Waals surface area contributed by atoms with Gasteiger partial charge in [-0.3, -0.25) is 9.59 Å². The van der Waals surface area contributed by atoms with E-state index in [1.54, 1.807) is 65.0 Å². The van der Waals surface area contributed by atoms with Gasteiger partial charge in [-0.1, -0.05) is 12.1 Å². The lowest BCUT2D eigenvalue weighted by Gasteiger charge is -2.25. The van der Waals surface area contributed by atoms with Gasteiger partial charge in [0.05, 0.1) is 21.8 Å². The number of aromatic hydroxyl groups is 1. The molecule has 0 bridgehead atoms. The van der Waals surface area contributed by atoms with E-state index in [2.05, 4.69) is 16.0 Å². The van der Waals surface area contributed by atoms with Crippen LogP contribution in [-0.4, -0.2) is 59.7 Å². The van der Waals surface area contributed by atoms with Crippen LogP contribution in [0.5, 0.6) is 5.75 Å². The second kappa shape index (κ2) is 12.0. The molecule has 5 N–H and O–H groups in total. The molecule has 35 heavy (non-hydrogen) atoms. The maximum Gasteiger partial charge on any atom is 0.407 e. The number of phenolic OH excluding ortho intramolecular Hbond substituents is 1. The van der Waals surface area contributed by atoms with E-state index in [1.165, 1.54) is 7.11 Å². The second-order valence-corrected chi connectivity index (χ2v) is 10.1. The number of hydrogen-bond donors (Lipinski definition) is 5. The van der Waals surface area contributed by atoms with Crippen LogP contribution in [-0.2, 0) is 9.47 Å². The number of nitrogens with one attached hydrogen (secondary N) is 3. The highest BCUT2D eigenvalue weighted by Gasteiger charge is 2.26. The zero-order valence-electron chi connectivity index (χ0n) is 20.7. The Morgan fingerprint density at radius 1 is 1.11 bits per heavy atom. The molecular formula is C24H33N3O7S. The number of carbonyl (C=O) groups is 3. The lowest BCUT2D eigenvalue weighted by molar-refractivity contribution is -0.0941. The molecule has 0 radical (unpaired) electrons. The fourth-order valence-corrected chi connectivity index (χ4v) is 4.07. The number of methoxy groups -OCH3 is 1. The van der Waals surface area contributed by atoms with Crippen molar-refractivity contribution in [3.63, 3.8) is 0 Å². The number of aliphatic hydroxyl groups excluding tert-OH is 1. The molecule has 0 aliphatic rings. The number of amides is 3. The Kier molecular flexibility index (Phi) is 9.64. The molecular weight excluding hydrogens is 474 g/mol. The third-order valence-electron chi connectivity index (χ3n) is 4.83. The molecule has 3 unspecified atom stereocenters. The minimum Gasteiger partial charge on any atom is -0.508 e. The minimum atomic E-state index is -1.39. The van der Waals surface area contributed by atoms with Gasteiger partial charge >= 0.3 is 6.09 Å². The Bertz CT molecular complexity index is 1050. The monoisotopic (exact) mass is 507 g/mol. The lowest BCUT2D eigenvalue weighted by atomic mass is 10.1. The van der Waals surface area contributed by atoms with E-state index in [0.29, 0.717) is 10.4 Å². The summed E-state index contributed by atoms with van der Waals surface area (Å²) in [6, 6.07) is 6.85. The molecule has 0 saturated heterocycles. The number of rotatable bonds is 9. The van der Waals surface area contributed by atoms with Crippen LogP contribution in [0.2, 0.25) is 0 Å². The summed E-state index contributed by atoms with van der Waals surface area (Å²) in [7, 11) is 1.27. The molecule has 11 heteroatoms. The highest BCUT2D eigenvalue weighted by molar-refractivity contribution is 7.16. The van der Waals surface area contributed by atoms with Crippen molar-refractivity contribution >= 4 is 29.2 Å². The standard InChI is InChI=1S/C24H33N3O7S/c1-13-10-18(20(29)26-14(2)15-8-7-9-16(28)11-15)35-19(13)21(30)27-17(22(31)33-6)12-25-23(32)34-24(3,4)5/h7-11,14,17,22,28,31H,12H2,1-6H3,(H,25,32)(H,26,29)(H,27,30). The van der Waals surface area contributed by atoms with Crippen LogP contribution < -0.4 is 16.0 Å². The number of aryl methyl sites for hydroxylation is 1. The molecule has 10 nitrogen and oxygen atoms in total. The molecule has 1 aromatic heterocycles. The summed E-state index contributed by atoms with van der Waals surface area (Å²) in [6.07, 6.45) is -2.09. The average Bonchev–Trinajstić information content (AvgIpc) is 3.16. The van der Waals surface area contributed by atoms with Crippen molar-refractivity contribution in [2.45, 2.75) is 58.6 Å². The summed E-state index contributed by atoms with van der Waals surface area (Å²) < 4.78 is 10.1. The van der Waals surface area contributed by atoms with Crippen LogP contribution in [0.3, 0.4) is 0 Å². The highest BCUT2D eigenvalue weighted by atomic mass is 32.1. The summed E-state index contributed by atoms with van der Waals surface area (Å²) in [5.74, 6) is -0.795. The lowest BCUT2D eigenvalue weighted by Crippen LogP contribution is -2.51. The summed E-state index contributed by atoms with van der Waals surface area (Å²) >= 11 is 1.00. The molecule has 0 fully saturated rings. The van der Waals surface area contributed by atoms with Gasteiger partial charge in [-0.2, -0.15) is 0 Å².